The number of rotatable bonds is 2. The normalized spacial score (nSPS) is 28.2. The molecule has 1 fully saturated rings. The number of hydrogen-bond donors (Lipinski definition) is 1. The fraction of sp³-hybridized carbons (Fsp3) is 0.600. The molecule has 0 spiro atoms. The van der Waals surface area contributed by atoms with Crippen molar-refractivity contribution in [3.8, 4) is 5.75 Å². The van der Waals surface area contributed by atoms with Crippen molar-refractivity contribution in [2.75, 3.05) is 24.3 Å². The van der Waals surface area contributed by atoms with E-state index in [0.29, 0.717) is 17.9 Å². The molecule has 1 aromatic rings. The second kappa shape index (κ2) is 5.09. The van der Waals surface area contributed by atoms with Crippen LogP contribution in [0.3, 0.4) is 0 Å². The summed E-state index contributed by atoms with van der Waals surface area (Å²) >= 11 is 0. The summed E-state index contributed by atoms with van der Waals surface area (Å²) < 4.78 is 5.31. The van der Waals surface area contributed by atoms with Gasteiger partial charge in [0.05, 0.1) is 18.5 Å². The van der Waals surface area contributed by atoms with Crippen molar-refractivity contribution >= 4 is 11.4 Å². The number of piperidine rings is 1. The molecule has 1 aromatic carbocycles. The van der Waals surface area contributed by atoms with Crippen molar-refractivity contribution in [2.24, 2.45) is 11.8 Å². The van der Waals surface area contributed by atoms with Crippen molar-refractivity contribution in [2.45, 2.75) is 33.2 Å². The highest BCUT2D eigenvalue weighted by Gasteiger charge is 2.29. The van der Waals surface area contributed by atoms with Gasteiger partial charge >= 0.3 is 0 Å². The van der Waals surface area contributed by atoms with Gasteiger partial charge in [-0.2, -0.15) is 0 Å². The second-order valence-corrected chi connectivity index (χ2v) is 5.64. The molecule has 1 heterocycles. The lowest BCUT2D eigenvalue weighted by Crippen LogP contribution is -2.46. The van der Waals surface area contributed by atoms with E-state index in [1.807, 2.05) is 12.1 Å². The topological polar surface area (TPSA) is 38.5 Å². The van der Waals surface area contributed by atoms with Crippen molar-refractivity contribution in [3.05, 3.63) is 18.2 Å². The summed E-state index contributed by atoms with van der Waals surface area (Å²) in [5.41, 5.74) is 8.08. The van der Waals surface area contributed by atoms with E-state index in [-0.39, 0.29) is 0 Å². The third-order valence-electron chi connectivity index (χ3n) is 4.14. The average Bonchev–Trinajstić information content (AvgIpc) is 2.34. The third kappa shape index (κ3) is 2.40. The van der Waals surface area contributed by atoms with Crippen molar-refractivity contribution in [3.63, 3.8) is 0 Å². The quantitative estimate of drug-likeness (QED) is 0.817. The minimum Gasteiger partial charge on any atom is -0.497 e. The van der Waals surface area contributed by atoms with Crippen LogP contribution in [-0.4, -0.2) is 19.7 Å². The van der Waals surface area contributed by atoms with Gasteiger partial charge in [0, 0.05) is 18.7 Å². The summed E-state index contributed by atoms with van der Waals surface area (Å²) in [7, 11) is 1.69. The highest BCUT2D eigenvalue weighted by molar-refractivity contribution is 5.70. The first-order chi connectivity index (χ1) is 8.52. The lowest BCUT2D eigenvalue weighted by molar-refractivity contribution is 0.297. The van der Waals surface area contributed by atoms with Gasteiger partial charge in [-0.25, -0.2) is 0 Å². The van der Waals surface area contributed by atoms with Gasteiger partial charge in [0.1, 0.15) is 5.75 Å². The summed E-state index contributed by atoms with van der Waals surface area (Å²) in [5, 5.41) is 0. The number of benzene rings is 1. The van der Waals surface area contributed by atoms with Crippen LogP contribution in [0.5, 0.6) is 5.75 Å². The first-order valence-electron chi connectivity index (χ1n) is 6.73. The maximum Gasteiger partial charge on any atom is 0.121 e. The predicted molar refractivity (Wildman–Crippen MR) is 77.2 cm³/mol. The first-order valence-corrected chi connectivity index (χ1v) is 6.73. The molecule has 0 radical (unpaired) electrons. The summed E-state index contributed by atoms with van der Waals surface area (Å²) in [4.78, 5) is 2.43. The van der Waals surface area contributed by atoms with Crippen LogP contribution in [0.25, 0.3) is 0 Å². The Labute approximate surface area is 110 Å². The molecule has 100 valence electrons. The Morgan fingerprint density at radius 2 is 2.00 bits per heavy atom. The first kappa shape index (κ1) is 13.1. The van der Waals surface area contributed by atoms with Gasteiger partial charge in [-0.1, -0.05) is 13.8 Å². The van der Waals surface area contributed by atoms with Gasteiger partial charge in [0.2, 0.25) is 0 Å². The fourth-order valence-electron chi connectivity index (χ4n) is 2.93. The summed E-state index contributed by atoms with van der Waals surface area (Å²) in [6.07, 6.45) is 1.29. The van der Waals surface area contributed by atoms with E-state index in [1.54, 1.807) is 7.11 Å². The Morgan fingerprint density at radius 1 is 1.28 bits per heavy atom. The molecule has 0 aromatic heterocycles. The minimum absolute atomic E-state index is 0.524. The molecule has 2 N–H and O–H groups in total. The third-order valence-corrected chi connectivity index (χ3v) is 4.14. The largest absolute Gasteiger partial charge is 0.497 e. The minimum atomic E-state index is 0.524. The van der Waals surface area contributed by atoms with Gasteiger partial charge in [-0.15, -0.1) is 0 Å². The van der Waals surface area contributed by atoms with Crippen LogP contribution in [0.1, 0.15) is 27.2 Å². The molecule has 3 nitrogen and oxygen atoms in total. The Morgan fingerprint density at radius 3 is 2.67 bits per heavy atom. The number of nitrogen functional groups attached to an aromatic ring is 1. The van der Waals surface area contributed by atoms with Crippen LogP contribution in [0, 0.1) is 11.8 Å². The molecule has 1 aliphatic heterocycles. The van der Waals surface area contributed by atoms with E-state index in [0.717, 1.165) is 23.7 Å². The lowest BCUT2D eigenvalue weighted by Gasteiger charge is -2.43. The molecule has 0 amide bonds. The van der Waals surface area contributed by atoms with Gasteiger partial charge in [0.15, 0.2) is 0 Å². The van der Waals surface area contributed by atoms with E-state index >= 15 is 0 Å². The molecule has 2 rings (SSSR count). The number of methoxy groups -OCH3 is 1. The molecule has 3 atom stereocenters. The molecule has 18 heavy (non-hydrogen) atoms. The Bertz CT molecular complexity index is 419. The van der Waals surface area contributed by atoms with Gasteiger partial charge < -0.3 is 15.4 Å². The van der Waals surface area contributed by atoms with Gasteiger partial charge in [-0.05, 0) is 37.3 Å². The van der Waals surface area contributed by atoms with Crippen LogP contribution in [0.15, 0.2) is 18.2 Å². The highest BCUT2D eigenvalue weighted by Crippen LogP contribution is 2.36. The van der Waals surface area contributed by atoms with Crippen molar-refractivity contribution in [1.82, 2.24) is 0 Å². The predicted octanol–water partition coefficient (Wildman–Crippen LogP) is 3.15. The standard InChI is InChI=1S/C15H24N2O/c1-10-7-11(2)12(3)17(9-10)15-8-13(18-4)5-6-14(15)16/h5-6,8,10-12H,7,9,16H2,1-4H3. The zero-order chi connectivity index (χ0) is 13.3. The molecule has 1 aliphatic rings. The Hall–Kier alpha value is -1.38. The summed E-state index contributed by atoms with van der Waals surface area (Å²) in [5.74, 6) is 2.28. The van der Waals surface area contributed by atoms with Crippen molar-refractivity contribution in [1.29, 1.82) is 0 Å². The maximum absolute atomic E-state index is 6.13. The maximum atomic E-state index is 6.13. The molecule has 1 saturated heterocycles. The molecular weight excluding hydrogens is 224 g/mol. The molecule has 0 saturated carbocycles. The van der Waals surface area contributed by atoms with Crippen LogP contribution < -0.4 is 15.4 Å². The van der Waals surface area contributed by atoms with E-state index in [2.05, 4.69) is 31.7 Å². The van der Waals surface area contributed by atoms with Crippen LogP contribution in [0.2, 0.25) is 0 Å². The van der Waals surface area contributed by atoms with E-state index in [9.17, 15) is 0 Å². The Balaban J connectivity index is 2.34. The number of hydrogen-bond acceptors (Lipinski definition) is 3. The number of ether oxygens (including phenoxy) is 1. The molecular formula is C15H24N2O. The van der Waals surface area contributed by atoms with E-state index in [1.165, 1.54) is 6.42 Å². The molecule has 3 unspecified atom stereocenters. The van der Waals surface area contributed by atoms with E-state index in [4.69, 9.17) is 10.5 Å². The van der Waals surface area contributed by atoms with Crippen molar-refractivity contribution < 1.29 is 4.74 Å². The highest BCUT2D eigenvalue weighted by atomic mass is 16.5. The zero-order valence-corrected chi connectivity index (χ0v) is 11.8. The summed E-state index contributed by atoms with van der Waals surface area (Å²) in [6, 6.07) is 6.43. The molecule has 0 aliphatic carbocycles. The van der Waals surface area contributed by atoms with Gasteiger partial charge in [0.25, 0.3) is 0 Å². The lowest BCUT2D eigenvalue weighted by atomic mass is 9.85. The zero-order valence-electron chi connectivity index (χ0n) is 11.8. The molecule has 0 bridgehead atoms. The second-order valence-electron chi connectivity index (χ2n) is 5.64. The number of nitrogens with zero attached hydrogens (tertiary/aromatic N) is 1. The Kier molecular flexibility index (Phi) is 3.69. The summed E-state index contributed by atoms with van der Waals surface area (Å²) in [6.45, 7) is 7.99. The van der Waals surface area contributed by atoms with Crippen LogP contribution >= 0.6 is 0 Å². The average molecular weight is 248 g/mol. The SMILES string of the molecule is COc1ccc(N)c(N2CC(C)CC(C)C2C)c1. The number of nitrogens with two attached hydrogens (primary N) is 1. The fourth-order valence-corrected chi connectivity index (χ4v) is 2.93. The van der Waals surface area contributed by atoms with E-state index < -0.39 is 0 Å². The monoisotopic (exact) mass is 248 g/mol. The molecule has 3 heteroatoms. The number of anilines is 2. The van der Waals surface area contributed by atoms with Crippen LogP contribution in [0.4, 0.5) is 11.4 Å². The van der Waals surface area contributed by atoms with Crippen LogP contribution in [-0.2, 0) is 0 Å². The smallest absolute Gasteiger partial charge is 0.121 e. The van der Waals surface area contributed by atoms with Gasteiger partial charge in [-0.3, -0.25) is 0 Å².